The summed E-state index contributed by atoms with van der Waals surface area (Å²) in [6, 6.07) is 14.7. The second-order valence-electron chi connectivity index (χ2n) is 8.34. The van der Waals surface area contributed by atoms with Gasteiger partial charge in [0.25, 0.3) is 0 Å². The predicted octanol–water partition coefficient (Wildman–Crippen LogP) is 3.51. The monoisotopic (exact) mass is 459 g/mol. The Morgan fingerprint density at radius 3 is 2.58 bits per heavy atom. The van der Waals surface area contributed by atoms with Crippen molar-refractivity contribution in [3.8, 4) is 0 Å². The number of hydrogen-bond acceptors (Lipinski definition) is 5. The standard InChI is InChI=1S/C23H29N3O3S2/c1-18-10-14-25(15-11-18)13-5-12-24-31(28,29)20-8-9-21-22(16-20)30-23(27)26(21)17-19-6-3-2-4-7-19/h2-4,6-9,16,18,24H,5,10-15,17H2,1H3. The van der Waals surface area contributed by atoms with Gasteiger partial charge in [0.05, 0.1) is 21.7 Å². The van der Waals surface area contributed by atoms with Gasteiger partial charge < -0.3 is 4.90 Å². The van der Waals surface area contributed by atoms with E-state index in [4.69, 9.17) is 0 Å². The maximum atomic E-state index is 12.7. The molecule has 0 radical (unpaired) electrons. The van der Waals surface area contributed by atoms with Crippen molar-refractivity contribution in [3.63, 3.8) is 0 Å². The number of rotatable bonds is 8. The quantitative estimate of drug-likeness (QED) is 0.523. The average Bonchev–Trinajstić information content (AvgIpc) is 3.07. The van der Waals surface area contributed by atoms with Gasteiger partial charge in [-0.3, -0.25) is 9.36 Å². The number of hydrogen-bond donors (Lipinski definition) is 1. The molecule has 0 amide bonds. The summed E-state index contributed by atoms with van der Waals surface area (Å²) in [6.07, 6.45) is 3.23. The Labute approximate surface area is 187 Å². The van der Waals surface area contributed by atoms with E-state index >= 15 is 0 Å². The molecular formula is C23H29N3O3S2. The molecular weight excluding hydrogens is 430 g/mol. The molecule has 4 rings (SSSR count). The van der Waals surface area contributed by atoms with E-state index < -0.39 is 10.0 Å². The van der Waals surface area contributed by atoms with Crippen LogP contribution in [-0.4, -0.2) is 44.1 Å². The molecule has 31 heavy (non-hydrogen) atoms. The van der Waals surface area contributed by atoms with Crippen LogP contribution in [0.4, 0.5) is 0 Å². The zero-order valence-electron chi connectivity index (χ0n) is 17.8. The molecule has 166 valence electrons. The lowest BCUT2D eigenvalue weighted by Crippen LogP contribution is -2.35. The molecule has 1 aliphatic rings. The Morgan fingerprint density at radius 2 is 1.84 bits per heavy atom. The van der Waals surface area contributed by atoms with Crippen LogP contribution in [0.5, 0.6) is 0 Å². The van der Waals surface area contributed by atoms with Crippen molar-refractivity contribution in [1.82, 2.24) is 14.2 Å². The van der Waals surface area contributed by atoms with Crippen LogP contribution in [0.25, 0.3) is 10.2 Å². The lowest BCUT2D eigenvalue weighted by Gasteiger charge is -2.30. The summed E-state index contributed by atoms with van der Waals surface area (Å²) in [7, 11) is -3.60. The van der Waals surface area contributed by atoms with E-state index in [1.807, 2.05) is 30.3 Å². The van der Waals surface area contributed by atoms with Crippen LogP contribution in [-0.2, 0) is 16.6 Å². The summed E-state index contributed by atoms with van der Waals surface area (Å²) in [5.74, 6) is 0.794. The third-order valence-electron chi connectivity index (χ3n) is 5.95. The predicted molar refractivity (Wildman–Crippen MR) is 126 cm³/mol. The minimum absolute atomic E-state index is 0.0859. The number of piperidine rings is 1. The Hall–Kier alpha value is -2.00. The Morgan fingerprint density at radius 1 is 1.10 bits per heavy atom. The topological polar surface area (TPSA) is 71.4 Å². The average molecular weight is 460 g/mol. The number of likely N-dealkylation sites (tertiary alicyclic amines) is 1. The maximum Gasteiger partial charge on any atom is 0.308 e. The third kappa shape index (κ3) is 5.44. The van der Waals surface area contributed by atoms with Crippen molar-refractivity contribution in [2.45, 2.75) is 37.6 Å². The van der Waals surface area contributed by atoms with Gasteiger partial charge in [0.2, 0.25) is 10.0 Å². The fraction of sp³-hybridized carbons (Fsp3) is 0.435. The molecule has 1 fully saturated rings. The number of nitrogens with zero attached hydrogens (tertiary/aromatic N) is 2. The van der Waals surface area contributed by atoms with Gasteiger partial charge in [-0.05, 0) is 68.6 Å². The maximum absolute atomic E-state index is 12.7. The second kappa shape index (κ2) is 9.65. The molecule has 1 aliphatic heterocycles. The Balaban J connectivity index is 1.41. The first-order chi connectivity index (χ1) is 14.9. The zero-order chi connectivity index (χ0) is 21.8. The third-order valence-corrected chi connectivity index (χ3v) is 8.35. The molecule has 0 bridgehead atoms. The first-order valence-electron chi connectivity index (χ1n) is 10.8. The van der Waals surface area contributed by atoms with E-state index in [0.717, 1.165) is 54.4 Å². The van der Waals surface area contributed by atoms with Crippen molar-refractivity contribution >= 4 is 31.6 Å². The van der Waals surface area contributed by atoms with Crippen LogP contribution >= 0.6 is 11.3 Å². The highest BCUT2D eigenvalue weighted by atomic mass is 32.2. The van der Waals surface area contributed by atoms with Gasteiger partial charge in [0.1, 0.15) is 0 Å². The number of sulfonamides is 1. The van der Waals surface area contributed by atoms with Crippen LogP contribution < -0.4 is 9.60 Å². The van der Waals surface area contributed by atoms with Gasteiger partial charge in [-0.15, -0.1) is 0 Å². The van der Waals surface area contributed by atoms with Crippen LogP contribution in [0.2, 0.25) is 0 Å². The van der Waals surface area contributed by atoms with E-state index in [1.54, 1.807) is 22.8 Å². The zero-order valence-corrected chi connectivity index (χ0v) is 19.4. The largest absolute Gasteiger partial charge is 0.308 e. The highest BCUT2D eigenvalue weighted by Gasteiger charge is 2.18. The first-order valence-corrected chi connectivity index (χ1v) is 13.1. The van der Waals surface area contributed by atoms with E-state index in [2.05, 4.69) is 16.5 Å². The summed E-state index contributed by atoms with van der Waals surface area (Å²) in [4.78, 5) is 15.0. The van der Waals surface area contributed by atoms with Crippen molar-refractivity contribution in [3.05, 3.63) is 63.8 Å². The van der Waals surface area contributed by atoms with Crippen molar-refractivity contribution in [2.75, 3.05) is 26.2 Å². The van der Waals surface area contributed by atoms with E-state index in [1.165, 1.54) is 12.8 Å². The fourth-order valence-electron chi connectivity index (χ4n) is 4.01. The number of benzene rings is 2. The molecule has 0 spiro atoms. The van der Waals surface area contributed by atoms with Crippen LogP contribution in [0, 0.1) is 5.92 Å². The first kappa shape index (κ1) is 22.2. The number of aromatic nitrogens is 1. The van der Waals surface area contributed by atoms with E-state index in [-0.39, 0.29) is 9.77 Å². The lowest BCUT2D eigenvalue weighted by molar-refractivity contribution is 0.191. The highest BCUT2D eigenvalue weighted by molar-refractivity contribution is 7.89. The Kier molecular flexibility index (Phi) is 6.91. The smallest absolute Gasteiger partial charge is 0.303 e. The van der Waals surface area contributed by atoms with E-state index in [9.17, 15) is 13.2 Å². The van der Waals surface area contributed by atoms with Gasteiger partial charge in [-0.1, -0.05) is 48.6 Å². The summed E-state index contributed by atoms with van der Waals surface area (Å²) >= 11 is 1.08. The van der Waals surface area contributed by atoms with Gasteiger partial charge >= 0.3 is 4.87 Å². The highest BCUT2D eigenvalue weighted by Crippen LogP contribution is 2.22. The van der Waals surface area contributed by atoms with Crippen LogP contribution in [0.15, 0.2) is 58.2 Å². The van der Waals surface area contributed by atoms with E-state index in [0.29, 0.717) is 17.8 Å². The summed E-state index contributed by atoms with van der Waals surface area (Å²) in [6.45, 7) is 6.29. The molecule has 0 atom stereocenters. The molecule has 1 saturated heterocycles. The minimum Gasteiger partial charge on any atom is -0.303 e. The molecule has 1 aromatic heterocycles. The fourth-order valence-corrected chi connectivity index (χ4v) is 6.11. The number of thiazole rings is 1. The van der Waals surface area contributed by atoms with Gasteiger partial charge in [0, 0.05) is 6.54 Å². The molecule has 3 aromatic rings. The minimum atomic E-state index is -3.60. The molecule has 2 heterocycles. The molecule has 1 N–H and O–H groups in total. The summed E-state index contributed by atoms with van der Waals surface area (Å²) in [5, 5.41) is 0. The molecule has 0 unspecified atom stereocenters. The van der Waals surface area contributed by atoms with Crippen LogP contribution in [0.1, 0.15) is 31.7 Å². The normalized spacial score (nSPS) is 16.2. The van der Waals surface area contributed by atoms with Crippen molar-refractivity contribution in [2.24, 2.45) is 5.92 Å². The van der Waals surface area contributed by atoms with Crippen LogP contribution in [0.3, 0.4) is 0 Å². The molecule has 0 saturated carbocycles. The molecule has 8 heteroatoms. The number of fused-ring (bicyclic) bond motifs is 1. The molecule has 2 aromatic carbocycles. The van der Waals surface area contributed by atoms with Crippen molar-refractivity contribution < 1.29 is 8.42 Å². The second-order valence-corrected chi connectivity index (χ2v) is 11.1. The molecule has 0 aliphatic carbocycles. The van der Waals surface area contributed by atoms with Gasteiger partial charge in [-0.25, -0.2) is 13.1 Å². The van der Waals surface area contributed by atoms with Gasteiger partial charge in [0.15, 0.2) is 0 Å². The number of nitrogens with one attached hydrogen (secondary N) is 1. The SMILES string of the molecule is CC1CCN(CCCNS(=O)(=O)c2ccc3c(c2)sc(=O)n3Cc2ccccc2)CC1. The lowest BCUT2D eigenvalue weighted by atomic mass is 9.99. The summed E-state index contributed by atoms with van der Waals surface area (Å²) in [5.41, 5.74) is 1.79. The molecule has 6 nitrogen and oxygen atoms in total. The van der Waals surface area contributed by atoms with Crippen molar-refractivity contribution in [1.29, 1.82) is 0 Å². The van der Waals surface area contributed by atoms with Gasteiger partial charge in [-0.2, -0.15) is 0 Å². The Bertz CT molecular complexity index is 1180. The summed E-state index contributed by atoms with van der Waals surface area (Å²) < 4.78 is 30.6.